The van der Waals surface area contributed by atoms with Crippen LogP contribution in [0.15, 0.2) is 37.1 Å². The van der Waals surface area contributed by atoms with Gasteiger partial charge in [0.05, 0.1) is 27.8 Å². The van der Waals surface area contributed by atoms with E-state index in [2.05, 4.69) is 31.9 Å². The summed E-state index contributed by atoms with van der Waals surface area (Å²) in [5, 5.41) is 16.5. The maximum absolute atomic E-state index is 16.0. The van der Waals surface area contributed by atoms with E-state index in [0.29, 0.717) is 48.0 Å². The molecular weight excluding hydrogens is 445 g/mol. The van der Waals surface area contributed by atoms with Crippen molar-refractivity contribution in [2.45, 2.75) is 6.92 Å². The fourth-order valence-corrected chi connectivity index (χ4v) is 4.74. The third kappa shape index (κ3) is 3.36. The Kier molecular flexibility index (Phi) is 5.13. The van der Waals surface area contributed by atoms with Gasteiger partial charge in [0, 0.05) is 42.7 Å². The number of nitrogens with one attached hydrogen (secondary N) is 1. The molecular formula is C23H21ClFN7O. The fourth-order valence-electron chi connectivity index (χ4n) is 4.46. The Morgan fingerprint density at radius 1 is 1.27 bits per heavy atom. The summed E-state index contributed by atoms with van der Waals surface area (Å²) in [6.45, 7) is 7.62. The average Bonchev–Trinajstić information content (AvgIpc) is 3.20. The quantitative estimate of drug-likeness (QED) is 0.447. The molecule has 3 heterocycles. The van der Waals surface area contributed by atoms with Crippen molar-refractivity contribution in [3.8, 4) is 11.1 Å². The van der Waals surface area contributed by atoms with E-state index in [0.717, 1.165) is 11.3 Å². The van der Waals surface area contributed by atoms with Gasteiger partial charge in [-0.15, -0.1) is 5.10 Å². The largest absolute Gasteiger partial charge is 0.382 e. The first-order valence-corrected chi connectivity index (χ1v) is 10.8. The van der Waals surface area contributed by atoms with Gasteiger partial charge in [-0.3, -0.25) is 9.89 Å². The Bertz CT molecular complexity index is 1430. The molecule has 5 rings (SSSR count). The highest BCUT2D eigenvalue weighted by molar-refractivity contribution is 6.35. The zero-order valence-corrected chi connectivity index (χ0v) is 18.7. The number of carbonyl (C=O) groups excluding carboxylic acids is 1. The van der Waals surface area contributed by atoms with E-state index in [9.17, 15) is 4.79 Å². The van der Waals surface area contributed by atoms with Gasteiger partial charge in [-0.1, -0.05) is 24.2 Å². The van der Waals surface area contributed by atoms with Gasteiger partial charge in [0.15, 0.2) is 11.6 Å². The van der Waals surface area contributed by atoms with Gasteiger partial charge in [0.25, 0.3) is 0 Å². The van der Waals surface area contributed by atoms with E-state index in [1.807, 2.05) is 19.1 Å². The van der Waals surface area contributed by atoms with Crippen LogP contribution in [0.1, 0.15) is 5.56 Å². The number of aryl methyl sites for hydroxylation is 1. The summed E-state index contributed by atoms with van der Waals surface area (Å²) in [5.74, 6) is -0.399. The van der Waals surface area contributed by atoms with E-state index in [-0.39, 0.29) is 27.8 Å². The van der Waals surface area contributed by atoms with Crippen LogP contribution in [-0.4, -0.2) is 57.4 Å². The highest BCUT2D eigenvalue weighted by atomic mass is 35.5. The number of hydrogen-bond donors (Lipinski definition) is 2. The van der Waals surface area contributed by atoms with Crippen molar-refractivity contribution in [2.75, 3.05) is 36.8 Å². The number of halogens is 2. The summed E-state index contributed by atoms with van der Waals surface area (Å²) in [6.07, 6.45) is 2.91. The predicted molar refractivity (Wildman–Crippen MR) is 128 cm³/mol. The molecule has 0 radical (unpaired) electrons. The summed E-state index contributed by atoms with van der Waals surface area (Å²) in [6, 6.07) is 5.43. The van der Waals surface area contributed by atoms with Gasteiger partial charge in [-0.2, -0.15) is 10.2 Å². The molecule has 3 N–H and O–H groups in total. The normalized spacial score (nSPS) is 14.3. The van der Waals surface area contributed by atoms with Crippen LogP contribution in [0, 0.1) is 12.7 Å². The molecule has 1 fully saturated rings. The SMILES string of the molecule is C=CC(=O)N1CCN(c2cnnc3c(F)c(-c4c(C)ccc5[nH]nc(N)c45)c(Cl)cc23)CC1. The zero-order chi connectivity index (χ0) is 23.3. The van der Waals surface area contributed by atoms with Crippen LogP contribution in [0.4, 0.5) is 15.9 Å². The molecule has 0 unspecified atom stereocenters. The highest BCUT2D eigenvalue weighted by Gasteiger charge is 2.25. The number of piperazine rings is 1. The van der Waals surface area contributed by atoms with E-state index in [1.165, 1.54) is 6.08 Å². The molecule has 10 heteroatoms. The molecule has 8 nitrogen and oxygen atoms in total. The Labute approximate surface area is 193 Å². The minimum atomic E-state index is -0.566. The number of aromatic nitrogens is 4. The molecule has 1 aliphatic heterocycles. The van der Waals surface area contributed by atoms with Crippen molar-refractivity contribution >= 4 is 50.8 Å². The smallest absolute Gasteiger partial charge is 0.246 e. The number of anilines is 2. The van der Waals surface area contributed by atoms with Crippen LogP contribution in [0.3, 0.4) is 0 Å². The number of nitrogens with two attached hydrogens (primary N) is 1. The van der Waals surface area contributed by atoms with Crippen LogP contribution in [0.2, 0.25) is 5.02 Å². The van der Waals surface area contributed by atoms with Gasteiger partial charge in [0.2, 0.25) is 5.91 Å². The number of rotatable bonds is 3. The summed E-state index contributed by atoms with van der Waals surface area (Å²) in [4.78, 5) is 15.7. The lowest BCUT2D eigenvalue weighted by molar-refractivity contribution is -0.126. The van der Waals surface area contributed by atoms with Gasteiger partial charge >= 0.3 is 0 Å². The topological polar surface area (TPSA) is 104 Å². The van der Waals surface area contributed by atoms with Crippen LogP contribution >= 0.6 is 11.6 Å². The van der Waals surface area contributed by atoms with Gasteiger partial charge in [0.1, 0.15) is 5.52 Å². The molecule has 1 amide bonds. The molecule has 1 aliphatic rings. The number of aromatic amines is 1. The van der Waals surface area contributed by atoms with Crippen molar-refractivity contribution < 1.29 is 9.18 Å². The summed E-state index contributed by atoms with van der Waals surface area (Å²) >= 11 is 6.69. The number of benzene rings is 2. The number of H-pyrrole nitrogens is 1. The summed E-state index contributed by atoms with van der Waals surface area (Å²) in [5.41, 5.74) is 9.21. The Morgan fingerprint density at radius 2 is 2.03 bits per heavy atom. The Morgan fingerprint density at radius 3 is 2.76 bits per heavy atom. The minimum absolute atomic E-state index is 0.103. The monoisotopic (exact) mass is 465 g/mol. The zero-order valence-electron chi connectivity index (χ0n) is 17.9. The Hall–Kier alpha value is -3.72. The van der Waals surface area contributed by atoms with Crippen LogP contribution < -0.4 is 10.6 Å². The number of carbonyl (C=O) groups is 1. The van der Waals surface area contributed by atoms with Gasteiger partial charge in [-0.25, -0.2) is 4.39 Å². The number of hydrogen-bond acceptors (Lipinski definition) is 6. The van der Waals surface area contributed by atoms with Crippen LogP contribution in [0.25, 0.3) is 32.9 Å². The summed E-state index contributed by atoms with van der Waals surface area (Å²) in [7, 11) is 0. The second-order valence-corrected chi connectivity index (χ2v) is 8.39. The maximum atomic E-state index is 16.0. The lowest BCUT2D eigenvalue weighted by atomic mass is 9.94. The first-order chi connectivity index (χ1) is 15.9. The van der Waals surface area contributed by atoms with Crippen molar-refractivity contribution in [1.29, 1.82) is 0 Å². The predicted octanol–water partition coefficient (Wildman–Crippen LogP) is 3.69. The molecule has 0 spiro atoms. The van der Waals surface area contributed by atoms with E-state index >= 15 is 4.39 Å². The van der Waals surface area contributed by atoms with E-state index in [4.69, 9.17) is 17.3 Å². The standard InChI is InChI=1S/C23H21ClFN7O/c1-3-17(33)32-8-6-31(7-9-32)16-11-27-29-22-13(16)10-14(24)19(21(22)25)18-12(2)4-5-15-20(18)23(26)30-28-15/h3-5,10-11H,1,6-9H2,2H3,(H3,26,28,30). The molecule has 1 saturated heterocycles. The molecule has 168 valence electrons. The Balaban J connectivity index is 1.64. The van der Waals surface area contributed by atoms with Crippen molar-refractivity contribution in [1.82, 2.24) is 25.3 Å². The second-order valence-electron chi connectivity index (χ2n) is 7.98. The molecule has 0 bridgehead atoms. The number of nitrogens with zero attached hydrogens (tertiary/aromatic N) is 5. The molecule has 2 aromatic carbocycles. The fraction of sp³-hybridized carbons (Fsp3) is 0.217. The third-order valence-electron chi connectivity index (χ3n) is 6.13. The highest BCUT2D eigenvalue weighted by Crippen LogP contribution is 2.43. The van der Waals surface area contributed by atoms with E-state index in [1.54, 1.807) is 17.2 Å². The first-order valence-electron chi connectivity index (χ1n) is 10.4. The number of fused-ring (bicyclic) bond motifs is 2. The van der Waals surface area contributed by atoms with Crippen LogP contribution in [-0.2, 0) is 4.79 Å². The molecule has 4 aromatic rings. The van der Waals surface area contributed by atoms with Gasteiger partial charge in [-0.05, 0) is 30.7 Å². The van der Waals surface area contributed by atoms with Crippen molar-refractivity contribution in [2.24, 2.45) is 0 Å². The van der Waals surface area contributed by atoms with Crippen molar-refractivity contribution in [3.05, 3.63) is 53.5 Å². The molecule has 33 heavy (non-hydrogen) atoms. The molecule has 0 aliphatic carbocycles. The number of amides is 1. The average molecular weight is 466 g/mol. The second kappa shape index (κ2) is 8.00. The first kappa shape index (κ1) is 21.1. The van der Waals surface area contributed by atoms with Crippen LogP contribution in [0.5, 0.6) is 0 Å². The maximum Gasteiger partial charge on any atom is 0.246 e. The lowest BCUT2D eigenvalue weighted by Crippen LogP contribution is -2.48. The third-order valence-corrected chi connectivity index (χ3v) is 6.43. The van der Waals surface area contributed by atoms with E-state index < -0.39 is 5.82 Å². The lowest BCUT2D eigenvalue weighted by Gasteiger charge is -2.35. The molecule has 0 atom stereocenters. The minimum Gasteiger partial charge on any atom is -0.382 e. The number of nitrogen functional groups attached to an aromatic ring is 1. The molecule has 0 saturated carbocycles. The molecule has 2 aromatic heterocycles. The summed E-state index contributed by atoms with van der Waals surface area (Å²) < 4.78 is 16.0. The van der Waals surface area contributed by atoms with Gasteiger partial charge < -0.3 is 15.5 Å². The van der Waals surface area contributed by atoms with Crippen molar-refractivity contribution in [3.63, 3.8) is 0 Å².